The van der Waals surface area contributed by atoms with Crippen molar-refractivity contribution in [2.45, 2.75) is 57.4 Å². The van der Waals surface area contributed by atoms with E-state index in [1.54, 1.807) is 27.9 Å². The Balaban J connectivity index is 1.26. The topological polar surface area (TPSA) is 80.1 Å². The fourth-order valence-corrected chi connectivity index (χ4v) is 4.54. The molecule has 8 heteroatoms. The fourth-order valence-electron chi connectivity index (χ4n) is 4.41. The van der Waals surface area contributed by atoms with E-state index >= 15 is 0 Å². The molecule has 0 unspecified atom stereocenters. The van der Waals surface area contributed by atoms with Gasteiger partial charge < -0.3 is 10.2 Å². The van der Waals surface area contributed by atoms with Gasteiger partial charge in [0.25, 0.3) is 5.91 Å². The molecule has 1 aliphatic heterocycles. The summed E-state index contributed by atoms with van der Waals surface area (Å²) in [5.41, 5.74) is 1.12. The van der Waals surface area contributed by atoms with Crippen LogP contribution in [0.15, 0.2) is 30.5 Å². The number of hydrogen-bond donors (Lipinski definition) is 1. The molecule has 30 heavy (non-hydrogen) atoms. The quantitative estimate of drug-likeness (QED) is 0.787. The van der Waals surface area contributed by atoms with Gasteiger partial charge in [-0.15, -0.1) is 5.10 Å². The summed E-state index contributed by atoms with van der Waals surface area (Å²) in [6.45, 7) is 1.22. The van der Waals surface area contributed by atoms with Crippen molar-refractivity contribution < 1.29 is 9.59 Å². The number of halogens is 1. The lowest BCUT2D eigenvalue weighted by atomic mass is 9.86. The van der Waals surface area contributed by atoms with Crippen LogP contribution in [0.25, 0.3) is 5.69 Å². The lowest BCUT2D eigenvalue weighted by Crippen LogP contribution is -2.46. The van der Waals surface area contributed by atoms with E-state index in [2.05, 4.69) is 15.6 Å². The maximum absolute atomic E-state index is 12.8. The Morgan fingerprint density at radius 1 is 1.03 bits per heavy atom. The first kappa shape index (κ1) is 20.8. The maximum atomic E-state index is 12.8. The smallest absolute Gasteiger partial charge is 0.276 e. The minimum Gasteiger partial charge on any atom is -0.353 e. The normalized spacial score (nSPS) is 18.4. The van der Waals surface area contributed by atoms with Crippen LogP contribution in [0, 0.1) is 5.92 Å². The minimum atomic E-state index is -0.123. The van der Waals surface area contributed by atoms with Crippen LogP contribution in [-0.4, -0.2) is 50.8 Å². The SMILES string of the molecule is O=C(CC1CCCCC1)NC1CCN(C(=O)c2cn(-c3ccc(Cl)cc3)nn2)CC1. The van der Waals surface area contributed by atoms with Gasteiger partial charge >= 0.3 is 0 Å². The van der Waals surface area contributed by atoms with Gasteiger partial charge in [-0.05, 0) is 55.9 Å². The zero-order valence-corrected chi connectivity index (χ0v) is 17.9. The van der Waals surface area contributed by atoms with Crippen molar-refractivity contribution in [1.82, 2.24) is 25.2 Å². The molecular weight excluding hydrogens is 402 g/mol. The molecule has 1 aromatic carbocycles. The van der Waals surface area contributed by atoms with Crippen molar-refractivity contribution in [1.29, 1.82) is 0 Å². The molecule has 2 heterocycles. The second-order valence-electron chi connectivity index (χ2n) is 8.37. The van der Waals surface area contributed by atoms with Crippen molar-refractivity contribution >= 4 is 23.4 Å². The molecule has 2 aromatic rings. The fraction of sp³-hybridized carbons (Fsp3) is 0.545. The summed E-state index contributed by atoms with van der Waals surface area (Å²) in [5.74, 6) is 0.587. The first-order valence-corrected chi connectivity index (χ1v) is 11.2. The molecule has 160 valence electrons. The second-order valence-corrected chi connectivity index (χ2v) is 8.80. The third kappa shape index (κ3) is 5.19. The highest BCUT2D eigenvalue weighted by Crippen LogP contribution is 2.26. The number of nitrogens with one attached hydrogen (secondary N) is 1. The Labute approximate surface area is 181 Å². The number of nitrogens with zero attached hydrogens (tertiary/aromatic N) is 4. The van der Waals surface area contributed by atoms with E-state index in [0.29, 0.717) is 36.1 Å². The zero-order chi connectivity index (χ0) is 20.9. The van der Waals surface area contributed by atoms with Crippen LogP contribution in [0.3, 0.4) is 0 Å². The van der Waals surface area contributed by atoms with E-state index in [9.17, 15) is 9.59 Å². The van der Waals surface area contributed by atoms with Gasteiger partial charge in [0.2, 0.25) is 5.91 Å². The molecule has 0 bridgehead atoms. The summed E-state index contributed by atoms with van der Waals surface area (Å²) in [4.78, 5) is 26.9. The number of benzene rings is 1. The van der Waals surface area contributed by atoms with Crippen LogP contribution < -0.4 is 5.32 Å². The molecule has 0 radical (unpaired) electrons. The van der Waals surface area contributed by atoms with Crippen LogP contribution in [0.5, 0.6) is 0 Å². The number of carbonyl (C=O) groups excluding carboxylic acids is 2. The van der Waals surface area contributed by atoms with Gasteiger partial charge in [-0.25, -0.2) is 4.68 Å². The molecule has 1 saturated carbocycles. The van der Waals surface area contributed by atoms with E-state index < -0.39 is 0 Å². The van der Waals surface area contributed by atoms with Crippen LogP contribution >= 0.6 is 11.6 Å². The van der Waals surface area contributed by atoms with Crippen molar-refractivity contribution in [3.05, 3.63) is 41.2 Å². The van der Waals surface area contributed by atoms with Crippen LogP contribution in [-0.2, 0) is 4.79 Å². The standard InChI is InChI=1S/C22H28ClN5O2/c23-17-6-8-19(9-7-17)28-15-20(25-26-28)22(30)27-12-10-18(11-13-27)24-21(29)14-16-4-2-1-3-5-16/h6-9,15-16,18H,1-5,10-14H2,(H,24,29). The third-order valence-corrected chi connectivity index (χ3v) is 6.40. The highest BCUT2D eigenvalue weighted by molar-refractivity contribution is 6.30. The number of piperidine rings is 1. The number of aromatic nitrogens is 3. The molecule has 0 atom stereocenters. The Morgan fingerprint density at radius 3 is 2.43 bits per heavy atom. The molecule has 7 nitrogen and oxygen atoms in total. The Bertz CT molecular complexity index is 868. The predicted octanol–water partition coefficient (Wildman–Crippen LogP) is 3.61. The van der Waals surface area contributed by atoms with Crippen molar-refractivity contribution in [3.63, 3.8) is 0 Å². The lowest BCUT2D eigenvalue weighted by molar-refractivity contribution is -0.123. The van der Waals surface area contributed by atoms with E-state index in [1.807, 2.05) is 12.1 Å². The molecule has 2 amide bonds. The van der Waals surface area contributed by atoms with Gasteiger partial charge in [0.05, 0.1) is 11.9 Å². The second kappa shape index (κ2) is 9.60. The highest BCUT2D eigenvalue weighted by atomic mass is 35.5. The largest absolute Gasteiger partial charge is 0.353 e. The van der Waals surface area contributed by atoms with Gasteiger partial charge in [-0.1, -0.05) is 36.1 Å². The summed E-state index contributed by atoms with van der Waals surface area (Å²) in [6.07, 6.45) is 9.99. The van der Waals surface area contributed by atoms with Gasteiger partial charge in [-0.2, -0.15) is 0 Å². The molecule has 2 aliphatic rings. The van der Waals surface area contributed by atoms with E-state index in [1.165, 1.54) is 32.1 Å². The van der Waals surface area contributed by atoms with E-state index in [4.69, 9.17) is 11.6 Å². The third-order valence-electron chi connectivity index (χ3n) is 6.15. The Kier molecular flexibility index (Phi) is 6.67. The molecule has 1 N–H and O–H groups in total. The average molecular weight is 430 g/mol. The summed E-state index contributed by atoms with van der Waals surface area (Å²) < 4.78 is 1.57. The summed E-state index contributed by atoms with van der Waals surface area (Å²) in [7, 11) is 0. The maximum Gasteiger partial charge on any atom is 0.276 e. The van der Waals surface area contributed by atoms with Gasteiger partial charge in [0.15, 0.2) is 5.69 Å². The highest BCUT2D eigenvalue weighted by Gasteiger charge is 2.27. The first-order valence-electron chi connectivity index (χ1n) is 10.9. The van der Waals surface area contributed by atoms with Crippen molar-refractivity contribution in [2.24, 2.45) is 5.92 Å². The summed E-state index contributed by atoms with van der Waals surface area (Å²) in [6, 6.07) is 7.34. The monoisotopic (exact) mass is 429 g/mol. The zero-order valence-electron chi connectivity index (χ0n) is 17.1. The van der Waals surface area contributed by atoms with E-state index in [-0.39, 0.29) is 17.9 Å². The lowest BCUT2D eigenvalue weighted by Gasteiger charge is -2.32. The van der Waals surface area contributed by atoms with E-state index in [0.717, 1.165) is 18.5 Å². The van der Waals surface area contributed by atoms with Crippen molar-refractivity contribution in [2.75, 3.05) is 13.1 Å². The molecular formula is C22H28ClN5O2. The predicted molar refractivity (Wildman–Crippen MR) is 115 cm³/mol. The van der Waals surface area contributed by atoms with Crippen LogP contribution in [0.4, 0.5) is 0 Å². The molecule has 2 fully saturated rings. The van der Waals surface area contributed by atoms with Gasteiger partial charge in [0.1, 0.15) is 0 Å². The number of likely N-dealkylation sites (tertiary alicyclic amines) is 1. The molecule has 0 spiro atoms. The molecule has 4 rings (SSSR count). The average Bonchev–Trinajstić information content (AvgIpc) is 3.25. The first-order chi connectivity index (χ1) is 14.6. The van der Waals surface area contributed by atoms with Crippen LogP contribution in [0.2, 0.25) is 5.02 Å². The van der Waals surface area contributed by atoms with Gasteiger partial charge in [0, 0.05) is 30.6 Å². The van der Waals surface area contributed by atoms with Crippen LogP contribution in [0.1, 0.15) is 61.9 Å². The van der Waals surface area contributed by atoms with Crippen molar-refractivity contribution in [3.8, 4) is 5.69 Å². The number of amides is 2. The number of rotatable bonds is 5. The number of hydrogen-bond acceptors (Lipinski definition) is 4. The Morgan fingerprint density at radius 2 is 1.73 bits per heavy atom. The van der Waals surface area contributed by atoms with Gasteiger partial charge in [-0.3, -0.25) is 9.59 Å². The molecule has 1 saturated heterocycles. The molecule has 1 aromatic heterocycles. The number of carbonyl (C=O) groups is 2. The molecule has 1 aliphatic carbocycles. The summed E-state index contributed by atoms with van der Waals surface area (Å²) >= 11 is 5.92. The summed E-state index contributed by atoms with van der Waals surface area (Å²) in [5, 5.41) is 11.9. The Hall–Kier alpha value is -2.41. The minimum absolute atomic E-state index is 0.123.